The Morgan fingerprint density at radius 2 is 1.38 bits per heavy atom. The molecule has 1 aromatic heterocycles. The molecular formula is C32H40N6O7. The first-order chi connectivity index (χ1) is 21.5. The van der Waals surface area contributed by atoms with Gasteiger partial charge < -0.3 is 37.1 Å². The lowest BCUT2D eigenvalue weighted by atomic mass is 10.0. The van der Waals surface area contributed by atoms with Gasteiger partial charge in [0, 0.05) is 36.9 Å². The van der Waals surface area contributed by atoms with Crippen LogP contribution < -0.4 is 27.0 Å². The van der Waals surface area contributed by atoms with Crippen molar-refractivity contribution in [3.8, 4) is 0 Å². The van der Waals surface area contributed by atoms with E-state index in [1.165, 1.54) is 6.92 Å². The highest BCUT2D eigenvalue weighted by Crippen LogP contribution is 2.19. The van der Waals surface area contributed by atoms with E-state index in [2.05, 4.69) is 26.3 Å². The van der Waals surface area contributed by atoms with Gasteiger partial charge in [0.05, 0.1) is 6.42 Å². The second kappa shape index (κ2) is 16.6. The molecule has 13 heteroatoms. The number of aromatic amines is 1. The van der Waals surface area contributed by atoms with Crippen molar-refractivity contribution < 1.29 is 33.9 Å². The third-order valence-corrected chi connectivity index (χ3v) is 7.23. The van der Waals surface area contributed by atoms with Gasteiger partial charge in [-0.1, -0.05) is 68.3 Å². The number of rotatable bonds is 17. The zero-order valence-electron chi connectivity index (χ0n) is 25.3. The number of nitrogens with two attached hydrogens (primary N) is 1. The first-order valence-corrected chi connectivity index (χ1v) is 14.8. The van der Waals surface area contributed by atoms with Crippen LogP contribution in [-0.2, 0) is 41.6 Å². The molecule has 3 aromatic rings. The fraction of sp³-hybridized carbons (Fsp3) is 0.375. The van der Waals surface area contributed by atoms with E-state index in [0.717, 1.165) is 16.5 Å². The fourth-order valence-corrected chi connectivity index (χ4v) is 4.93. The number of aromatic nitrogens is 1. The summed E-state index contributed by atoms with van der Waals surface area (Å²) in [5.41, 5.74) is 7.86. The molecule has 1 heterocycles. The molecule has 0 radical (unpaired) electrons. The van der Waals surface area contributed by atoms with Gasteiger partial charge in [0.15, 0.2) is 0 Å². The van der Waals surface area contributed by atoms with Gasteiger partial charge in [-0.3, -0.25) is 28.8 Å². The SMILES string of the molecule is CCCCC(NC(=O)[C@H](Cc1c[nH]c2ccccc12)NC(C)=O)C(=O)N[C@@H](CC(=O)O)C(=O)N[C@@H](Cc1ccccc1)C(N)=O. The summed E-state index contributed by atoms with van der Waals surface area (Å²) in [6.45, 7) is 3.17. The van der Waals surface area contributed by atoms with Crippen molar-refractivity contribution in [1.82, 2.24) is 26.3 Å². The van der Waals surface area contributed by atoms with Gasteiger partial charge in [0.2, 0.25) is 29.5 Å². The zero-order valence-corrected chi connectivity index (χ0v) is 25.3. The maximum atomic E-state index is 13.5. The molecule has 0 aliphatic heterocycles. The molecule has 0 aliphatic carbocycles. The van der Waals surface area contributed by atoms with Crippen LogP contribution in [0.15, 0.2) is 60.8 Å². The third kappa shape index (κ3) is 10.5. The lowest BCUT2D eigenvalue weighted by Crippen LogP contribution is -2.58. The van der Waals surface area contributed by atoms with Crippen LogP contribution in [0.25, 0.3) is 10.9 Å². The highest BCUT2D eigenvalue weighted by atomic mass is 16.4. The van der Waals surface area contributed by atoms with Crippen molar-refractivity contribution in [3.63, 3.8) is 0 Å². The second-order valence-electron chi connectivity index (χ2n) is 10.8. The normalized spacial score (nSPS) is 13.6. The second-order valence-corrected chi connectivity index (χ2v) is 10.8. The highest BCUT2D eigenvalue weighted by Gasteiger charge is 2.32. The number of fused-ring (bicyclic) bond motifs is 1. The van der Waals surface area contributed by atoms with E-state index < -0.39 is 66.1 Å². The number of H-pyrrole nitrogens is 1. The number of carboxylic acids is 1. The molecule has 3 rings (SSSR count). The van der Waals surface area contributed by atoms with Gasteiger partial charge in [-0.2, -0.15) is 0 Å². The Morgan fingerprint density at radius 3 is 2.02 bits per heavy atom. The van der Waals surface area contributed by atoms with Crippen molar-refractivity contribution >= 4 is 46.4 Å². The Bertz CT molecular complexity index is 1510. The molecule has 8 N–H and O–H groups in total. The summed E-state index contributed by atoms with van der Waals surface area (Å²) in [7, 11) is 0. The smallest absolute Gasteiger partial charge is 0.305 e. The predicted molar refractivity (Wildman–Crippen MR) is 167 cm³/mol. The maximum Gasteiger partial charge on any atom is 0.305 e. The Kier molecular flexibility index (Phi) is 12.6. The molecule has 0 fully saturated rings. The number of benzene rings is 2. The minimum atomic E-state index is -1.56. The van der Waals surface area contributed by atoms with Gasteiger partial charge in [-0.05, 0) is 23.6 Å². The third-order valence-electron chi connectivity index (χ3n) is 7.23. The average molecular weight is 621 g/mol. The van der Waals surface area contributed by atoms with Crippen molar-refractivity contribution in [3.05, 3.63) is 71.9 Å². The van der Waals surface area contributed by atoms with E-state index in [1.54, 1.807) is 36.5 Å². The highest BCUT2D eigenvalue weighted by molar-refractivity contribution is 5.97. The van der Waals surface area contributed by atoms with Crippen LogP contribution in [-0.4, -0.2) is 69.8 Å². The first-order valence-electron chi connectivity index (χ1n) is 14.8. The average Bonchev–Trinajstić information content (AvgIpc) is 3.40. The van der Waals surface area contributed by atoms with Crippen LogP contribution in [0.5, 0.6) is 0 Å². The number of carboxylic acid groups (broad SMARTS) is 1. The molecule has 13 nitrogen and oxygen atoms in total. The van der Waals surface area contributed by atoms with E-state index in [0.29, 0.717) is 18.4 Å². The van der Waals surface area contributed by atoms with E-state index in [4.69, 9.17) is 5.73 Å². The molecule has 0 saturated carbocycles. The minimum Gasteiger partial charge on any atom is -0.481 e. The number of nitrogens with one attached hydrogen (secondary N) is 5. The van der Waals surface area contributed by atoms with E-state index >= 15 is 0 Å². The Hall–Kier alpha value is -5.20. The number of hydrogen-bond donors (Lipinski definition) is 7. The van der Waals surface area contributed by atoms with Crippen LogP contribution in [0.1, 0.15) is 50.7 Å². The number of para-hydroxylation sites is 1. The van der Waals surface area contributed by atoms with Gasteiger partial charge in [0.25, 0.3) is 0 Å². The molecule has 0 saturated heterocycles. The molecule has 0 spiro atoms. The van der Waals surface area contributed by atoms with Gasteiger partial charge in [-0.25, -0.2) is 0 Å². The minimum absolute atomic E-state index is 0.0613. The van der Waals surface area contributed by atoms with Crippen LogP contribution in [0, 0.1) is 0 Å². The lowest BCUT2D eigenvalue weighted by Gasteiger charge is -2.25. The van der Waals surface area contributed by atoms with Crippen LogP contribution >= 0.6 is 0 Å². The number of hydrogen-bond acceptors (Lipinski definition) is 6. The predicted octanol–water partition coefficient (Wildman–Crippen LogP) is 1.06. The van der Waals surface area contributed by atoms with Crippen molar-refractivity contribution in [1.29, 1.82) is 0 Å². The van der Waals surface area contributed by atoms with E-state index in [9.17, 15) is 33.9 Å². The van der Waals surface area contributed by atoms with Crippen LogP contribution in [0.4, 0.5) is 0 Å². The molecular weight excluding hydrogens is 580 g/mol. The Morgan fingerprint density at radius 1 is 0.778 bits per heavy atom. The number of carbonyl (C=O) groups is 6. The summed E-state index contributed by atoms with van der Waals surface area (Å²) < 4.78 is 0. The number of aliphatic carboxylic acids is 1. The molecule has 0 bridgehead atoms. The van der Waals surface area contributed by atoms with Gasteiger partial charge in [-0.15, -0.1) is 0 Å². The first kappa shape index (κ1) is 34.3. The Balaban J connectivity index is 1.76. The molecule has 45 heavy (non-hydrogen) atoms. The standard InChI is InChI=1S/C32H40N6O7/c1-3-4-13-24(36-31(44)26(35-19(2)39)16-21-18-34-23-14-9-8-12-22(21)23)30(43)38-27(17-28(40)41)32(45)37-25(29(33)42)15-20-10-6-5-7-11-20/h5-12,14,18,24-27,34H,3-4,13,15-17H2,1-2H3,(H2,33,42)(H,35,39)(H,36,44)(H,37,45)(H,38,43)(H,40,41)/t24?,25-,26-,27-/m0/s1. The summed E-state index contributed by atoms with van der Waals surface area (Å²) in [4.78, 5) is 78.9. The Labute approximate surface area is 260 Å². The monoisotopic (exact) mass is 620 g/mol. The van der Waals surface area contributed by atoms with Gasteiger partial charge in [0.1, 0.15) is 24.2 Å². The summed E-state index contributed by atoms with van der Waals surface area (Å²) in [6.07, 6.45) is 2.57. The molecule has 5 amide bonds. The topological polar surface area (TPSA) is 213 Å². The van der Waals surface area contributed by atoms with Crippen LogP contribution in [0.2, 0.25) is 0 Å². The van der Waals surface area contributed by atoms with E-state index in [1.807, 2.05) is 31.2 Å². The van der Waals surface area contributed by atoms with Crippen molar-refractivity contribution in [2.75, 3.05) is 0 Å². The van der Waals surface area contributed by atoms with Crippen LogP contribution in [0.3, 0.4) is 0 Å². The molecule has 0 aliphatic rings. The lowest BCUT2D eigenvalue weighted by molar-refractivity contribution is -0.141. The number of carbonyl (C=O) groups excluding carboxylic acids is 5. The summed E-state index contributed by atoms with van der Waals surface area (Å²) in [5.74, 6) is -4.97. The number of amides is 5. The molecule has 2 aromatic carbocycles. The fourth-order valence-electron chi connectivity index (χ4n) is 4.93. The summed E-state index contributed by atoms with van der Waals surface area (Å²) in [6, 6.07) is 11.4. The summed E-state index contributed by atoms with van der Waals surface area (Å²) >= 11 is 0. The number of primary amides is 1. The zero-order chi connectivity index (χ0) is 32.9. The molecule has 240 valence electrons. The maximum absolute atomic E-state index is 13.5. The van der Waals surface area contributed by atoms with Crippen molar-refractivity contribution in [2.24, 2.45) is 5.73 Å². The van der Waals surface area contributed by atoms with E-state index in [-0.39, 0.29) is 19.3 Å². The van der Waals surface area contributed by atoms with Crippen molar-refractivity contribution in [2.45, 2.75) is 76.5 Å². The van der Waals surface area contributed by atoms with Gasteiger partial charge >= 0.3 is 5.97 Å². The molecule has 4 atom stereocenters. The number of unbranched alkanes of at least 4 members (excludes halogenated alkanes) is 1. The summed E-state index contributed by atoms with van der Waals surface area (Å²) in [5, 5.41) is 20.5. The quantitative estimate of drug-likeness (QED) is 0.116. The largest absolute Gasteiger partial charge is 0.481 e. The molecule has 1 unspecified atom stereocenters.